The molecule has 2 heterocycles. The smallest absolute Gasteiger partial charge is 0.229 e. The van der Waals surface area contributed by atoms with Gasteiger partial charge in [0.15, 0.2) is 0 Å². The summed E-state index contributed by atoms with van der Waals surface area (Å²) in [4.78, 5) is 0. The Hall–Kier alpha value is -3.48. The molecule has 0 saturated carbocycles. The fourth-order valence-corrected chi connectivity index (χ4v) is 3.90. The minimum Gasteiger partial charge on any atom is -0.229 e. The minimum absolute atomic E-state index is 0.688. The van der Waals surface area contributed by atoms with E-state index in [4.69, 9.17) is 23.2 Å². The summed E-state index contributed by atoms with van der Waals surface area (Å²) in [7, 11) is 0. The van der Waals surface area contributed by atoms with E-state index in [9.17, 15) is 0 Å². The first-order chi connectivity index (χ1) is 17.7. The number of benzene rings is 2. The molecule has 2 aromatic heterocycles. The van der Waals surface area contributed by atoms with Crippen LogP contribution in [0.4, 0.5) is 23.0 Å². The number of unbranched alkanes of at least 4 members (excludes halogenated alkanes) is 3. The standard InChI is InChI=1S/C28H28Cl2N6/c29-23-11-15-25(16-12-23)31-33-27-9-3-7-21-35(27)19-5-1-2-6-20-36-22-8-4-10-28(36)34-32-26-17-13-24(30)14-18-26/h3-4,7-18,21-22H,1-2,5-6,19-20H2/q+2. The lowest BCUT2D eigenvalue weighted by atomic mass is 10.2. The molecule has 0 atom stereocenters. The van der Waals surface area contributed by atoms with E-state index < -0.39 is 0 Å². The SMILES string of the molecule is Clc1ccc(N=Nc2cccc[n+]2CCCCCC[n+]2ccccc2N=Nc2ccc(Cl)cc2)cc1. The molecule has 4 rings (SSSR count). The molecule has 4 aromatic rings. The fourth-order valence-electron chi connectivity index (χ4n) is 3.65. The second-order valence-electron chi connectivity index (χ2n) is 8.27. The maximum Gasteiger partial charge on any atom is 0.350 e. The van der Waals surface area contributed by atoms with Crippen LogP contribution in [-0.4, -0.2) is 0 Å². The molecule has 182 valence electrons. The maximum absolute atomic E-state index is 5.94. The molecule has 36 heavy (non-hydrogen) atoms. The molecule has 0 aliphatic carbocycles. The van der Waals surface area contributed by atoms with Crippen LogP contribution in [-0.2, 0) is 13.1 Å². The third-order valence-corrected chi connectivity index (χ3v) is 6.07. The second-order valence-corrected chi connectivity index (χ2v) is 9.14. The van der Waals surface area contributed by atoms with Crippen LogP contribution in [0, 0.1) is 0 Å². The van der Waals surface area contributed by atoms with Crippen molar-refractivity contribution in [3.05, 3.63) is 107 Å². The lowest BCUT2D eigenvalue weighted by Crippen LogP contribution is -2.34. The monoisotopic (exact) mass is 518 g/mol. The predicted molar refractivity (Wildman–Crippen MR) is 143 cm³/mol. The van der Waals surface area contributed by atoms with Gasteiger partial charge >= 0.3 is 11.6 Å². The Morgan fingerprint density at radius 3 is 1.31 bits per heavy atom. The Labute approximate surface area is 221 Å². The van der Waals surface area contributed by atoms with Gasteiger partial charge in [-0.25, -0.2) is 9.13 Å². The summed E-state index contributed by atoms with van der Waals surface area (Å²) < 4.78 is 4.28. The van der Waals surface area contributed by atoms with E-state index >= 15 is 0 Å². The second kappa shape index (κ2) is 13.6. The van der Waals surface area contributed by atoms with Crippen molar-refractivity contribution < 1.29 is 9.13 Å². The van der Waals surface area contributed by atoms with Gasteiger partial charge in [-0.1, -0.05) is 35.3 Å². The van der Waals surface area contributed by atoms with Crippen molar-refractivity contribution in [3.63, 3.8) is 0 Å². The highest BCUT2D eigenvalue weighted by Crippen LogP contribution is 2.20. The highest BCUT2D eigenvalue weighted by atomic mass is 35.5. The molecule has 0 unspecified atom stereocenters. The normalized spacial score (nSPS) is 11.5. The highest BCUT2D eigenvalue weighted by Gasteiger charge is 2.10. The molecule has 8 heteroatoms. The highest BCUT2D eigenvalue weighted by molar-refractivity contribution is 6.30. The summed E-state index contributed by atoms with van der Waals surface area (Å²) in [5.74, 6) is 1.67. The molecule has 0 aliphatic rings. The Balaban J connectivity index is 1.24. The molecule has 0 saturated heterocycles. The van der Waals surface area contributed by atoms with Gasteiger partial charge in [-0.15, -0.1) is 0 Å². The molecular formula is C28H28Cl2N6+2. The van der Waals surface area contributed by atoms with Crippen molar-refractivity contribution in [2.45, 2.75) is 38.8 Å². The Morgan fingerprint density at radius 1 is 0.472 bits per heavy atom. The van der Waals surface area contributed by atoms with Gasteiger partial charge < -0.3 is 0 Å². The zero-order valence-electron chi connectivity index (χ0n) is 19.9. The van der Waals surface area contributed by atoms with Gasteiger partial charge in [0.1, 0.15) is 11.4 Å². The zero-order valence-corrected chi connectivity index (χ0v) is 21.4. The van der Waals surface area contributed by atoms with Crippen molar-refractivity contribution >= 4 is 46.2 Å². The quantitative estimate of drug-likeness (QED) is 0.108. The molecule has 0 amide bonds. The Kier molecular flexibility index (Phi) is 9.65. The molecule has 2 aromatic carbocycles. The van der Waals surface area contributed by atoms with E-state index in [0.29, 0.717) is 10.0 Å². The zero-order chi connectivity index (χ0) is 25.0. The molecule has 0 radical (unpaired) electrons. The van der Waals surface area contributed by atoms with E-state index in [0.717, 1.165) is 61.8 Å². The average molecular weight is 519 g/mol. The van der Waals surface area contributed by atoms with Gasteiger partial charge in [0, 0.05) is 22.2 Å². The molecule has 0 aliphatic heterocycles. The van der Waals surface area contributed by atoms with Crippen molar-refractivity contribution in [1.82, 2.24) is 0 Å². The van der Waals surface area contributed by atoms with E-state index in [1.807, 2.05) is 97.3 Å². The molecular weight excluding hydrogens is 491 g/mol. The van der Waals surface area contributed by atoms with Crippen molar-refractivity contribution in [2.24, 2.45) is 20.5 Å². The van der Waals surface area contributed by atoms with Gasteiger partial charge in [0.25, 0.3) is 0 Å². The number of nitrogens with zero attached hydrogens (tertiary/aromatic N) is 6. The topological polar surface area (TPSA) is 57.2 Å². The van der Waals surface area contributed by atoms with E-state index in [1.54, 1.807) is 0 Å². The van der Waals surface area contributed by atoms with Crippen LogP contribution in [0.15, 0.2) is 118 Å². The number of azo groups is 2. The van der Waals surface area contributed by atoms with Crippen LogP contribution in [0.3, 0.4) is 0 Å². The first kappa shape index (κ1) is 25.6. The number of rotatable bonds is 11. The number of hydrogen-bond acceptors (Lipinski definition) is 4. The number of hydrogen-bond donors (Lipinski definition) is 0. The first-order valence-corrected chi connectivity index (χ1v) is 12.7. The van der Waals surface area contributed by atoms with Crippen LogP contribution in [0.5, 0.6) is 0 Å². The summed E-state index contributed by atoms with van der Waals surface area (Å²) in [5, 5.41) is 18.9. The first-order valence-electron chi connectivity index (χ1n) is 12.0. The summed E-state index contributed by atoms with van der Waals surface area (Å²) in [6.45, 7) is 1.80. The Bertz CT molecular complexity index is 1200. The summed E-state index contributed by atoms with van der Waals surface area (Å²) in [5.41, 5.74) is 1.56. The molecule has 0 spiro atoms. The fraction of sp³-hybridized carbons (Fsp3) is 0.214. The Morgan fingerprint density at radius 2 is 0.889 bits per heavy atom. The van der Waals surface area contributed by atoms with Crippen LogP contribution in [0.25, 0.3) is 0 Å². The molecule has 0 N–H and O–H groups in total. The summed E-state index contributed by atoms with van der Waals surface area (Å²) >= 11 is 11.9. The number of pyridine rings is 2. The number of aryl methyl sites for hydroxylation is 2. The lowest BCUT2D eigenvalue weighted by Gasteiger charge is -2.03. The van der Waals surface area contributed by atoms with Gasteiger partial charge in [-0.2, -0.15) is 0 Å². The lowest BCUT2D eigenvalue weighted by molar-refractivity contribution is -0.686. The predicted octanol–water partition coefficient (Wildman–Crippen LogP) is 8.66. The van der Waals surface area contributed by atoms with Crippen LogP contribution in [0.2, 0.25) is 10.0 Å². The number of aromatic nitrogens is 2. The molecule has 6 nitrogen and oxygen atoms in total. The van der Waals surface area contributed by atoms with E-state index in [-0.39, 0.29) is 0 Å². The minimum atomic E-state index is 0.688. The third-order valence-electron chi connectivity index (χ3n) is 5.57. The van der Waals surface area contributed by atoms with Gasteiger partial charge in [-0.05, 0) is 96.6 Å². The van der Waals surface area contributed by atoms with Crippen molar-refractivity contribution in [3.8, 4) is 0 Å². The van der Waals surface area contributed by atoms with Gasteiger partial charge in [-0.3, -0.25) is 0 Å². The summed E-state index contributed by atoms with van der Waals surface area (Å²) in [6.07, 6.45) is 8.50. The van der Waals surface area contributed by atoms with Crippen LogP contribution >= 0.6 is 23.2 Å². The van der Waals surface area contributed by atoms with Crippen molar-refractivity contribution in [1.29, 1.82) is 0 Å². The van der Waals surface area contributed by atoms with E-state index in [2.05, 4.69) is 29.6 Å². The summed E-state index contributed by atoms with van der Waals surface area (Å²) in [6, 6.07) is 26.6. The van der Waals surface area contributed by atoms with Crippen LogP contribution in [0.1, 0.15) is 25.7 Å². The van der Waals surface area contributed by atoms with Gasteiger partial charge in [0.2, 0.25) is 0 Å². The van der Waals surface area contributed by atoms with Crippen molar-refractivity contribution in [2.75, 3.05) is 0 Å². The van der Waals surface area contributed by atoms with Crippen LogP contribution < -0.4 is 9.13 Å². The maximum atomic E-state index is 5.94. The third kappa shape index (κ3) is 8.04. The number of halogens is 2. The largest absolute Gasteiger partial charge is 0.350 e. The average Bonchev–Trinajstić information content (AvgIpc) is 2.91. The molecule has 0 bridgehead atoms. The molecule has 0 fully saturated rings. The van der Waals surface area contributed by atoms with Gasteiger partial charge in [0.05, 0.1) is 35.7 Å². The van der Waals surface area contributed by atoms with E-state index in [1.165, 1.54) is 0 Å².